The van der Waals surface area contributed by atoms with Crippen LogP contribution in [0.2, 0.25) is 0 Å². The summed E-state index contributed by atoms with van der Waals surface area (Å²) in [6, 6.07) is 3.62. The number of halogens is 2. The maximum absolute atomic E-state index is 13.8. The van der Waals surface area contributed by atoms with Gasteiger partial charge in [-0.25, -0.2) is 18.7 Å². The quantitative estimate of drug-likeness (QED) is 0.366. The van der Waals surface area contributed by atoms with Gasteiger partial charge in [0.2, 0.25) is 5.91 Å². The smallest absolute Gasteiger partial charge is 0.246 e. The van der Waals surface area contributed by atoms with Gasteiger partial charge in [-0.05, 0) is 38.6 Å². The lowest BCUT2D eigenvalue weighted by molar-refractivity contribution is -0.116. The normalized spacial score (nSPS) is 11.9. The van der Waals surface area contributed by atoms with Gasteiger partial charge in [-0.2, -0.15) is 5.10 Å². The number of anilines is 2. The number of amides is 1. The van der Waals surface area contributed by atoms with E-state index in [2.05, 4.69) is 58.5 Å². The Morgan fingerprint density at radius 3 is 2.69 bits per heavy atom. The van der Waals surface area contributed by atoms with Crippen molar-refractivity contribution in [2.45, 2.75) is 27.3 Å². The van der Waals surface area contributed by atoms with Crippen molar-refractivity contribution in [2.75, 3.05) is 37.8 Å². The lowest BCUT2D eigenvalue weighted by atomic mass is 9.93. The zero-order valence-corrected chi connectivity index (χ0v) is 21.0. The van der Waals surface area contributed by atoms with Gasteiger partial charge >= 0.3 is 0 Å². The second-order valence-corrected chi connectivity index (χ2v) is 9.90. The first kappa shape index (κ1) is 25.2. The molecular formula is C25H30F2N8O. The van der Waals surface area contributed by atoms with Gasteiger partial charge in [-0.15, -0.1) is 0 Å². The van der Waals surface area contributed by atoms with Crippen LogP contribution in [0.3, 0.4) is 0 Å². The molecule has 3 heterocycles. The second-order valence-electron chi connectivity index (χ2n) is 9.90. The number of carbonyl (C=O) groups excluding carboxylic acids is 1. The molecule has 11 heteroatoms. The highest BCUT2D eigenvalue weighted by atomic mass is 19.2. The molecule has 2 N–H and O–H groups in total. The number of imidazole rings is 1. The number of rotatable bonds is 9. The fourth-order valence-corrected chi connectivity index (χ4v) is 4.20. The minimum atomic E-state index is -1.10. The van der Waals surface area contributed by atoms with E-state index in [9.17, 15) is 13.6 Å². The van der Waals surface area contributed by atoms with Gasteiger partial charge in [0.1, 0.15) is 6.54 Å². The molecule has 36 heavy (non-hydrogen) atoms. The molecule has 0 atom stereocenters. The van der Waals surface area contributed by atoms with Gasteiger partial charge in [0, 0.05) is 31.0 Å². The van der Waals surface area contributed by atoms with Gasteiger partial charge in [0.25, 0.3) is 0 Å². The second kappa shape index (κ2) is 10.0. The average molecular weight is 497 g/mol. The van der Waals surface area contributed by atoms with E-state index in [1.807, 2.05) is 17.5 Å². The summed E-state index contributed by atoms with van der Waals surface area (Å²) in [6.07, 6.45) is 6.96. The summed E-state index contributed by atoms with van der Waals surface area (Å²) < 4.78 is 30.6. The molecule has 1 aromatic carbocycles. The van der Waals surface area contributed by atoms with Crippen molar-refractivity contribution < 1.29 is 13.6 Å². The number of carbonyl (C=O) groups is 1. The van der Waals surface area contributed by atoms with Crippen molar-refractivity contribution in [2.24, 2.45) is 5.41 Å². The van der Waals surface area contributed by atoms with Crippen LogP contribution in [0.25, 0.3) is 16.9 Å². The number of aryl methyl sites for hydroxylation is 1. The molecule has 0 saturated heterocycles. The van der Waals surface area contributed by atoms with E-state index in [1.165, 1.54) is 16.8 Å². The van der Waals surface area contributed by atoms with Crippen molar-refractivity contribution in [1.29, 1.82) is 0 Å². The predicted molar refractivity (Wildman–Crippen MR) is 135 cm³/mol. The first-order valence-electron chi connectivity index (χ1n) is 11.5. The van der Waals surface area contributed by atoms with E-state index in [-0.39, 0.29) is 17.6 Å². The lowest BCUT2D eigenvalue weighted by Crippen LogP contribution is -2.34. The van der Waals surface area contributed by atoms with Crippen molar-refractivity contribution in [3.8, 4) is 11.3 Å². The molecule has 9 nitrogen and oxygen atoms in total. The molecule has 0 aliphatic rings. The van der Waals surface area contributed by atoms with Crippen molar-refractivity contribution in [3.63, 3.8) is 0 Å². The molecule has 3 aromatic heterocycles. The van der Waals surface area contributed by atoms with Crippen LogP contribution in [0.5, 0.6) is 0 Å². The molecule has 0 saturated carbocycles. The number of nitrogens with zero attached hydrogens (tertiary/aromatic N) is 6. The predicted octanol–water partition coefficient (Wildman–Crippen LogP) is 3.82. The first-order chi connectivity index (χ1) is 17.0. The number of nitrogens with one attached hydrogen (secondary N) is 2. The zero-order chi connectivity index (χ0) is 26.0. The van der Waals surface area contributed by atoms with E-state index in [0.717, 1.165) is 36.1 Å². The number of hydrogen-bond donors (Lipinski definition) is 2. The molecular weight excluding hydrogens is 466 g/mol. The molecule has 0 aliphatic heterocycles. The van der Waals surface area contributed by atoms with Gasteiger partial charge < -0.3 is 15.5 Å². The van der Waals surface area contributed by atoms with Crippen LogP contribution in [0.15, 0.2) is 43.0 Å². The molecule has 1 amide bonds. The van der Waals surface area contributed by atoms with Crippen molar-refractivity contribution in [3.05, 3.63) is 60.3 Å². The minimum Gasteiger partial charge on any atom is -0.366 e. The number of fused-ring (bicyclic) bond motifs is 1. The Kier molecular flexibility index (Phi) is 7.02. The van der Waals surface area contributed by atoms with Gasteiger partial charge in [-0.1, -0.05) is 19.9 Å². The largest absolute Gasteiger partial charge is 0.366 e. The first-order valence-corrected chi connectivity index (χ1v) is 11.5. The van der Waals surface area contributed by atoms with Crippen LogP contribution in [0, 0.1) is 24.0 Å². The van der Waals surface area contributed by atoms with E-state index in [4.69, 9.17) is 0 Å². The summed E-state index contributed by atoms with van der Waals surface area (Å²) >= 11 is 0. The van der Waals surface area contributed by atoms with E-state index < -0.39 is 17.5 Å². The van der Waals surface area contributed by atoms with Gasteiger partial charge in [0.05, 0.1) is 29.5 Å². The third-order valence-electron chi connectivity index (χ3n) is 5.55. The lowest BCUT2D eigenvalue weighted by Gasteiger charge is -2.28. The van der Waals surface area contributed by atoms with Crippen LogP contribution >= 0.6 is 0 Å². The zero-order valence-electron chi connectivity index (χ0n) is 21.0. The number of benzene rings is 1. The van der Waals surface area contributed by atoms with Crippen molar-refractivity contribution in [1.82, 2.24) is 29.0 Å². The molecule has 0 radical (unpaired) electrons. The molecule has 190 valence electrons. The molecule has 0 fully saturated rings. The van der Waals surface area contributed by atoms with E-state index >= 15 is 0 Å². The third-order valence-corrected chi connectivity index (χ3v) is 5.55. The number of hydrogen-bond acceptors (Lipinski definition) is 6. The highest BCUT2D eigenvalue weighted by Gasteiger charge is 2.21. The Balaban J connectivity index is 1.52. The van der Waals surface area contributed by atoms with Crippen LogP contribution in [-0.4, -0.2) is 62.1 Å². The number of aromatic nitrogens is 5. The highest BCUT2D eigenvalue weighted by molar-refractivity contribution is 5.90. The molecule has 4 rings (SSSR count). The molecule has 0 unspecified atom stereocenters. The van der Waals surface area contributed by atoms with Gasteiger partial charge in [-0.3, -0.25) is 13.9 Å². The summed E-state index contributed by atoms with van der Waals surface area (Å²) in [5, 5.41) is 10.1. The van der Waals surface area contributed by atoms with E-state index in [0.29, 0.717) is 11.5 Å². The molecule has 0 spiro atoms. The Bertz CT molecular complexity index is 1390. The standard InChI is InChI=1S/C25H30F2N8O/c1-16-11-35-20(10-28-24(35)23(31-16)29-14-25(2,3)15-33(4)5)17-9-30-34(12-17)13-21(36)32-19-8-6-7-18(26)22(19)27/h6-12H,13-15H2,1-5H3,(H,29,31)(H,32,36). The van der Waals surface area contributed by atoms with Crippen LogP contribution in [0.4, 0.5) is 20.3 Å². The summed E-state index contributed by atoms with van der Waals surface area (Å²) in [7, 11) is 4.10. The Morgan fingerprint density at radius 1 is 1.17 bits per heavy atom. The Morgan fingerprint density at radius 2 is 1.94 bits per heavy atom. The Hall–Kier alpha value is -3.86. The topological polar surface area (TPSA) is 92.4 Å². The average Bonchev–Trinajstić information content (AvgIpc) is 3.41. The maximum Gasteiger partial charge on any atom is 0.246 e. The van der Waals surface area contributed by atoms with Gasteiger partial charge in [0.15, 0.2) is 23.1 Å². The van der Waals surface area contributed by atoms with Crippen LogP contribution < -0.4 is 10.6 Å². The summed E-state index contributed by atoms with van der Waals surface area (Å²) in [6.45, 7) is 7.77. The summed E-state index contributed by atoms with van der Waals surface area (Å²) in [4.78, 5) is 23.7. The molecule has 4 aromatic rings. The SMILES string of the molecule is Cc1cn2c(-c3cnn(CC(=O)Nc4cccc(F)c4F)c3)cnc2c(NCC(C)(C)CN(C)C)n1. The fraction of sp³-hybridized carbons (Fsp3) is 0.360. The fourth-order valence-electron chi connectivity index (χ4n) is 4.20. The van der Waals surface area contributed by atoms with Crippen LogP contribution in [0.1, 0.15) is 19.5 Å². The Labute approximate surface area is 208 Å². The minimum absolute atomic E-state index is 0.0253. The summed E-state index contributed by atoms with van der Waals surface area (Å²) in [5.74, 6) is -1.96. The third kappa shape index (κ3) is 5.68. The molecule has 0 aliphatic carbocycles. The van der Waals surface area contributed by atoms with E-state index in [1.54, 1.807) is 18.6 Å². The molecule has 0 bridgehead atoms. The monoisotopic (exact) mass is 496 g/mol. The van der Waals surface area contributed by atoms with Crippen molar-refractivity contribution >= 4 is 23.1 Å². The van der Waals surface area contributed by atoms with Crippen LogP contribution in [-0.2, 0) is 11.3 Å². The highest BCUT2D eigenvalue weighted by Crippen LogP contribution is 2.25. The maximum atomic E-state index is 13.8. The summed E-state index contributed by atoms with van der Waals surface area (Å²) in [5.41, 5.74) is 2.84.